The van der Waals surface area contributed by atoms with Crippen molar-refractivity contribution >= 4 is 16.5 Å². The Bertz CT molecular complexity index is 1170. The summed E-state index contributed by atoms with van der Waals surface area (Å²) in [6, 6.07) is 21.9. The average molecular weight is 602 g/mol. The predicted octanol–water partition coefficient (Wildman–Crippen LogP) is 9.58. The van der Waals surface area contributed by atoms with Gasteiger partial charge in [0, 0.05) is 8.07 Å². The van der Waals surface area contributed by atoms with Gasteiger partial charge in [-0.2, -0.15) is 41.5 Å². The van der Waals surface area contributed by atoms with E-state index in [1.54, 1.807) is 32.6 Å². The summed E-state index contributed by atoms with van der Waals surface area (Å²) in [5.41, 5.74) is 10.1. The first-order valence-corrected chi connectivity index (χ1v) is 19.3. The molecular formula is C36H50SiZr. The molecule has 0 unspecified atom stereocenters. The molecule has 0 saturated heterocycles. The van der Waals surface area contributed by atoms with Crippen LogP contribution in [0, 0.1) is 13.0 Å². The van der Waals surface area contributed by atoms with Gasteiger partial charge in [-0.15, -0.1) is 11.1 Å². The number of aryl methyl sites for hydroxylation is 1. The molecular weight excluding hydrogens is 552 g/mol. The van der Waals surface area contributed by atoms with Gasteiger partial charge in [-0.05, 0) is 28.4 Å². The predicted molar refractivity (Wildman–Crippen MR) is 169 cm³/mol. The van der Waals surface area contributed by atoms with Crippen molar-refractivity contribution in [3.8, 4) is 11.1 Å². The van der Waals surface area contributed by atoms with Gasteiger partial charge in [-0.25, -0.2) is 11.3 Å². The van der Waals surface area contributed by atoms with Crippen molar-refractivity contribution < 1.29 is 24.2 Å². The molecule has 2 aliphatic rings. The fourth-order valence-electron chi connectivity index (χ4n) is 5.04. The molecule has 0 heterocycles. The van der Waals surface area contributed by atoms with Gasteiger partial charge in [0.05, 0.1) is 0 Å². The van der Waals surface area contributed by atoms with Crippen LogP contribution in [0.15, 0.2) is 48.5 Å². The Morgan fingerprint density at radius 2 is 1.45 bits per heavy atom. The van der Waals surface area contributed by atoms with E-state index in [0.29, 0.717) is 0 Å². The molecule has 0 aliphatic heterocycles. The summed E-state index contributed by atoms with van der Waals surface area (Å²) in [6.45, 7) is 22.9. The first kappa shape index (κ1) is 31.3. The van der Waals surface area contributed by atoms with Gasteiger partial charge in [-0.3, -0.25) is 0 Å². The van der Waals surface area contributed by atoms with Crippen LogP contribution in [0.3, 0.4) is 0 Å². The third kappa shape index (κ3) is 8.63. The standard InChI is InChI=1S/C21H25.C9H15Si.C6H10.Zr/c1-20(2,3)16-7-9-18-14(12-16)11-15-13-17(21(4,5)6)8-10-19(15)18;1-8-5-6-9(7-8)10(2,3)4;1-2-4-6-5-3-1;/h7-10,12H,11H2,1-6H3;5-7H,1-4H3;1-5H2;/q2*-1;;+2. The van der Waals surface area contributed by atoms with Crippen LogP contribution in [0.4, 0.5) is 0 Å². The molecule has 2 aliphatic carbocycles. The first-order chi connectivity index (χ1) is 17.6. The maximum absolute atomic E-state index is 3.67. The fourth-order valence-corrected chi connectivity index (χ4v) is 7.15. The van der Waals surface area contributed by atoms with E-state index in [4.69, 9.17) is 0 Å². The molecule has 5 rings (SSSR count). The van der Waals surface area contributed by atoms with Crippen molar-refractivity contribution in [1.82, 2.24) is 0 Å². The second kappa shape index (κ2) is 12.5. The van der Waals surface area contributed by atoms with Gasteiger partial charge >= 0.3 is 59.5 Å². The topological polar surface area (TPSA) is 0 Å². The van der Waals surface area contributed by atoms with Crippen molar-refractivity contribution in [1.29, 1.82) is 0 Å². The third-order valence-electron chi connectivity index (χ3n) is 7.70. The number of fused-ring (bicyclic) bond motifs is 3. The zero-order valence-electron chi connectivity index (χ0n) is 25.9. The molecule has 0 N–H and O–H groups in total. The summed E-state index contributed by atoms with van der Waals surface area (Å²) in [5, 5.41) is 1.57. The normalized spacial score (nSPS) is 15.1. The maximum atomic E-state index is 3.67. The molecule has 38 heavy (non-hydrogen) atoms. The monoisotopic (exact) mass is 600 g/mol. The Morgan fingerprint density at radius 1 is 0.816 bits per heavy atom. The molecule has 0 radical (unpaired) electrons. The summed E-state index contributed by atoms with van der Waals surface area (Å²) in [5.74, 6) is 0. The summed E-state index contributed by atoms with van der Waals surface area (Å²) < 4.78 is 1.80. The van der Waals surface area contributed by atoms with Crippen molar-refractivity contribution in [3.05, 3.63) is 82.4 Å². The van der Waals surface area contributed by atoms with E-state index in [-0.39, 0.29) is 10.8 Å². The zero-order chi connectivity index (χ0) is 28.3. The molecule has 3 aromatic rings. The number of hydrogen-bond donors (Lipinski definition) is 0. The molecule has 0 atom stereocenters. The van der Waals surface area contributed by atoms with Gasteiger partial charge in [-0.1, -0.05) is 91.9 Å². The summed E-state index contributed by atoms with van der Waals surface area (Å²) in [7, 11) is -1.01. The van der Waals surface area contributed by atoms with Crippen LogP contribution in [0.5, 0.6) is 0 Å². The number of hydrogen-bond acceptors (Lipinski definition) is 0. The van der Waals surface area contributed by atoms with Crippen LogP contribution in [0.1, 0.15) is 101 Å². The van der Waals surface area contributed by atoms with Crippen molar-refractivity contribution in [2.75, 3.05) is 0 Å². The van der Waals surface area contributed by atoms with E-state index >= 15 is 0 Å². The Kier molecular flexibility index (Phi) is 10.3. The van der Waals surface area contributed by atoms with Crippen LogP contribution < -0.4 is 5.19 Å². The van der Waals surface area contributed by atoms with Gasteiger partial charge < -0.3 is 0 Å². The first-order valence-electron chi connectivity index (χ1n) is 14.6. The minimum absolute atomic E-state index is 0.167. The molecule has 0 nitrogen and oxygen atoms in total. The molecule has 2 heteroatoms. The van der Waals surface area contributed by atoms with E-state index in [1.807, 2.05) is 0 Å². The van der Waals surface area contributed by atoms with E-state index in [2.05, 4.69) is 123 Å². The molecule has 0 spiro atoms. The molecule has 202 valence electrons. The van der Waals surface area contributed by atoms with Crippen molar-refractivity contribution in [3.63, 3.8) is 0 Å². The quantitative estimate of drug-likeness (QED) is 0.151. The molecule has 0 bridgehead atoms. The van der Waals surface area contributed by atoms with Gasteiger partial charge in [0.2, 0.25) is 0 Å². The van der Waals surface area contributed by atoms with E-state index in [9.17, 15) is 0 Å². The summed E-state index contributed by atoms with van der Waals surface area (Å²) in [6.07, 6.45) is 8.34. The average Bonchev–Trinajstić information content (AvgIpc) is 3.42. The zero-order valence-corrected chi connectivity index (χ0v) is 29.3. The van der Waals surface area contributed by atoms with E-state index in [0.717, 1.165) is 6.42 Å². The number of benzene rings is 2. The Hall–Kier alpha value is -1.24. The third-order valence-corrected chi connectivity index (χ3v) is 11.0. The van der Waals surface area contributed by atoms with Crippen LogP contribution in [0.25, 0.3) is 11.1 Å². The van der Waals surface area contributed by atoms with Crippen LogP contribution in [-0.4, -0.2) is 11.3 Å². The molecule has 1 saturated carbocycles. The van der Waals surface area contributed by atoms with E-state index in [1.165, 1.54) is 71.0 Å². The molecule has 3 aromatic carbocycles. The Balaban J connectivity index is 0.000000194. The SMILES string of the molecule is CC(C)(C)c1[c-]c2c(cc1)-c1ccc(C(C)(C)C)cc1C2.Cc1cc([Si](C)(C)C)c[cH-]1.[Zr+2]=[C]1CCCCC1. The second-order valence-corrected chi connectivity index (χ2v) is 21.2. The fraction of sp³-hybridized carbons (Fsp3) is 0.500. The molecule has 1 fully saturated rings. The van der Waals surface area contributed by atoms with Crippen molar-refractivity contribution in [2.45, 2.75) is 117 Å². The number of rotatable bonds is 1. The minimum atomic E-state index is -1.01. The van der Waals surface area contributed by atoms with E-state index < -0.39 is 8.07 Å². The summed E-state index contributed by atoms with van der Waals surface area (Å²) in [4.78, 5) is 0. The van der Waals surface area contributed by atoms with Crippen LogP contribution in [-0.2, 0) is 41.5 Å². The summed E-state index contributed by atoms with van der Waals surface area (Å²) >= 11 is 1.69. The van der Waals surface area contributed by atoms with Gasteiger partial charge in [0.25, 0.3) is 0 Å². The van der Waals surface area contributed by atoms with Crippen LogP contribution in [0.2, 0.25) is 19.6 Å². The second-order valence-electron chi connectivity index (χ2n) is 14.4. The molecule has 0 amide bonds. The molecule has 0 aromatic heterocycles. The van der Waals surface area contributed by atoms with Gasteiger partial charge in [0.15, 0.2) is 0 Å². The van der Waals surface area contributed by atoms with Crippen LogP contribution >= 0.6 is 0 Å². The van der Waals surface area contributed by atoms with Gasteiger partial charge in [0.1, 0.15) is 0 Å². The Labute approximate surface area is 250 Å². The van der Waals surface area contributed by atoms with Crippen molar-refractivity contribution in [2.24, 2.45) is 0 Å². The Morgan fingerprint density at radius 3 is 1.89 bits per heavy atom.